The van der Waals surface area contributed by atoms with E-state index in [1.807, 2.05) is 13.0 Å². The van der Waals surface area contributed by atoms with E-state index in [9.17, 15) is 4.79 Å². The SMILES string of the molecule is Cc1cccc(C(=O)C(C)(O)O)c1. The summed E-state index contributed by atoms with van der Waals surface area (Å²) in [4.78, 5) is 11.3. The highest BCUT2D eigenvalue weighted by Crippen LogP contribution is 2.11. The Labute approximate surface area is 76.6 Å². The van der Waals surface area contributed by atoms with Crippen LogP contribution in [-0.2, 0) is 0 Å². The molecule has 0 saturated carbocycles. The van der Waals surface area contributed by atoms with Crippen molar-refractivity contribution >= 4 is 5.78 Å². The van der Waals surface area contributed by atoms with Crippen LogP contribution in [0.4, 0.5) is 0 Å². The van der Waals surface area contributed by atoms with Gasteiger partial charge in [-0.25, -0.2) is 0 Å². The first kappa shape index (κ1) is 9.89. The van der Waals surface area contributed by atoms with Crippen molar-refractivity contribution in [1.29, 1.82) is 0 Å². The summed E-state index contributed by atoms with van der Waals surface area (Å²) < 4.78 is 0. The van der Waals surface area contributed by atoms with Crippen LogP contribution in [0.3, 0.4) is 0 Å². The largest absolute Gasteiger partial charge is 0.360 e. The topological polar surface area (TPSA) is 57.5 Å². The number of rotatable bonds is 2. The third-order valence-electron chi connectivity index (χ3n) is 1.71. The maximum absolute atomic E-state index is 11.3. The monoisotopic (exact) mass is 180 g/mol. The van der Waals surface area contributed by atoms with E-state index in [2.05, 4.69) is 0 Å². The van der Waals surface area contributed by atoms with Gasteiger partial charge in [-0.15, -0.1) is 0 Å². The number of aliphatic hydroxyl groups is 2. The Balaban J connectivity index is 3.03. The number of ketones is 1. The normalized spacial score (nSPS) is 11.4. The number of carbonyl (C=O) groups is 1. The van der Waals surface area contributed by atoms with Gasteiger partial charge in [0.05, 0.1) is 0 Å². The minimum Gasteiger partial charge on any atom is -0.360 e. The van der Waals surface area contributed by atoms with Crippen molar-refractivity contribution in [2.75, 3.05) is 0 Å². The fourth-order valence-electron chi connectivity index (χ4n) is 1.06. The smallest absolute Gasteiger partial charge is 0.225 e. The minimum absolute atomic E-state index is 0.313. The number of hydrogen-bond acceptors (Lipinski definition) is 3. The van der Waals surface area contributed by atoms with Crippen LogP contribution in [0.2, 0.25) is 0 Å². The number of aryl methyl sites for hydroxylation is 1. The molecule has 0 radical (unpaired) electrons. The molecule has 0 amide bonds. The molecule has 0 bridgehead atoms. The number of carbonyl (C=O) groups excluding carboxylic acids is 1. The Morgan fingerprint density at radius 2 is 2.00 bits per heavy atom. The van der Waals surface area contributed by atoms with Crippen LogP contribution in [0.1, 0.15) is 22.8 Å². The minimum atomic E-state index is -2.28. The van der Waals surface area contributed by atoms with E-state index < -0.39 is 11.6 Å². The molecule has 0 heterocycles. The average molecular weight is 180 g/mol. The molecule has 1 aromatic carbocycles. The molecule has 0 saturated heterocycles. The molecule has 3 nitrogen and oxygen atoms in total. The third-order valence-corrected chi connectivity index (χ3v) is 1.71. The van der Waals surface area contributed by atoms with Crippen LogP contribution in [0.5, 0.6) is 0 Å². The fourth-order valence-corrected chi connectivity index (χ4v) is 1.06. The molecule has 0 unspecified atom stereocenters. The number of benzene rings is 1. The number of hydrogen-bond donors (Lipinski definition) is 2. The van der Waals surface area contributed by atoms with E-state index in [4.69, 9.17) is 10.2 Å². The second-order valence-corrected chi connectivity index (χ2v) is 3.22. The molecule has 0 spiro atoms. The van der Waals surface area contributed by atoms with Gasteiger partial charge in [0.2, 0.25) is 11.6 Å². The predicted molar refractivity (Wildman–Crippen MR) is 48.4 cm³/mol. The Bertz CT molecular complexity index is 323. The summed E-state index contributed by atoms with van der Waals surface area (Å²) in [6, 6.07) is 6.71. The van der Waals surface area contributed by atoms with Crippen molar-refractivity contribution in [3.05, 3.63) is 35.4 Å². The maximum Gasteiger partial charge on any atom is 0.225 e. The van der Waals surface area contributed by atoms with Gasteiger partial charge in [0.1, 0.15) is 0 Å². The van der Waals surface area contributed by atoms with E-state index in [1.54, 1.807) is 18.2 Å². The van der Waals surface area contributed by atoms with Crippen molar-refractivity contribution < 1.29 is 15.0 Å². The zero-order chi connectivity index (χ0) is 10.1. The molecule has 1 rings (SSSR count). The van der Waals surface area contributed by atoms with Gasteiger partial charge in [-0.2, -0.15) is 0 Å². The molecule has 0 aromatic heterocycles. The van der Waals surface area contributed by atoms with Crippen LogP contribution in [0.25, 0.3) is 0 Å². The highest BCUT2D eigenvalue weighted by molar-refractivity contribution is 6.00. The second-order valence-electron chi connectivity index (χ2n) is 3.22. The average Bonchev–Trinajstić information content (AvgIpc) is 2.01. The van der Waals surface area contributed by atoms with E-state index in [0.29, 0.717) is 5.56 Å². The summed E-state index contributed by atoms with van der Waals surface area (Å²) in [5, 5.41) is 18.1. The molecule has 0 aliphatic carbocycles. The van der Waals surface area contributed by atoms with Crippen LogP contribution in [0.15, 0.2) is 24.3 Å². The fraction of sp³-hybridized carbons (Fsp3) is 0.300. The lowest BCUT2D eigenvalue weighted by Crippen LogP contribution is -2.34. The highest BCUT2D eigenvalue weighted by atomic mass is 16.5. The van der Waals surface area contributed by atoms with Gasteiger partial charge in [-0.1, -0.05) is 23.8 Å². The molecular formula is C10H12O3. The molecule has 1 aromatic rings. The van der Waals surface area contributed by atoms with Gasteiger partial charge in [-0.05, 0) is 19.9 Å². The summed E-state index contributed by atoms with van der Waals surface area (Å²) in [7, 11) is 0. The van der Waals surface area contributed by atoms with Crippen LogP contribution >= 0.6 is 0 Å². The van der Waals surface area contributed by atoms with Crippen molar-refractivity contribution in [3.8, 4) is 0 Å². The standard InChI is InChI=1S/C10H12O3/c1-7-4-3-5-8(6-7)9(11)10(2,12)13/h3-6,12-13H,1-2H3. The van der Waals surface area contributed by atoms with Gasteiger partial charge >= 0.3 is 0 Å². The lowest BCUT2D eigenvalue weighted by molar-refractivity contribution is -0.106. The summed E-state index contributed by atoms with van der Waals surface area (Å²) in [6.45, 7) is 2.89. The van der Waals surface area contributed by atoms with Gasteiger partial charge < -0.3 is 10.2 Å². The predicted octanol–water partition coefficient (Wildman–Crippen LogP) is 0.879. The van der Waals surface area contributed by atoms with Gasteiger partial charge in [-0.3, -0.25) is 4.79 Å². The first-order valence-electron chi connectivity index (χ1n) is 3.97. The lowest BCUT2D eigenvalue weighted by Gasteiger charge is -2.13. The zero-order valence-electron chi connectivity index (χ0n) is 7.61. The molecule has 0 aliphatic rings. The number of Topliss-reactive ketones (excluding diaryl/α,β-unsaturated/α-hetero) is 1. The second kappa shape index (κ2) is 3.28. The zero-order valence-corrected chi connectivity index (χ0v) is 7.61. The van der Waals surface area contributed by atoms with Gasteiger partial charge in [0.25, 0.3) is 0 Å². The van der Waals surface area contributed by atoms with Crippen molar-refractivity contribution in [3.63, 3.8) is 0 Å². The van der Waals surface area contributed by atoms with E-state index >= 15 is 0 Å². The Morgan fingerprint density at radius 1 is 1.38 bits per heavy atom. The first-order chi connectivity index (χ1) is 5.91. The van der Waals surface area contributed by atoms with Gasteiger partial charge in [0, 0.05) is 5.56 Å². The molecule has 3 heteroatoms. The lowest BCUT2D eigenvalue weighted by atomic mass is 10.0. The molecule has 70 valence electrons. The summed E-state index contributed by atoms with van der Waals surface area (Å²) >= 11 is 0. The van der Waals surface area contributed by atoms with Crippen LogP contribution < -0.4 is 0 Å². The van der Waals surface area contributed by atoms with Gasteiger partial charge in [0.15, 0.2) is 0 Å². The quantitative estimate of drug-likeness (QED) is 0.524. The summed E-state index contributed by atoms with van der Waals surface area (Å²) in [5.41, 5.74) is 1.22. The molecule has 0 atom stereocenters. The molecule has 2 N–H and O–H groups in total. The summed E-state index contributed by atoms with van der Waals surface area (Å²) in [6.07, 6.45) is 0. The van der Waals surface area contributed by atoms with Crippen molar-refractivity contribution in [2.45, 2.75) is 19.6 Å². The molecule has 0 fully saturated rings. The molecular weight excluding hydrogens is 168 g/mol. The van der Waals surface area contributed by atoms with Crippen molar-refractivity contribution in [1.82, 2.24) is 0 Å². The van der Waals surface area contributed by atoms with E-state index in [0.717, 1.165) is 12.5 Å². The van der Waals surface area contributed by atoms with E-state index in [1.165, 1.54) is 0 Å². The molecule has 13 heavy (non-hydrogen) atoms. The summed E-state index contributed by atoms with van der Waals surface area (Å²) in [5.74, 6) is -2.97. The van der Waals surface area contributed by atoms with Crippen molar-refractivity contribution in [2.24, 2.45) is 0 Å². The Hall–Kier alpha value is -1.19. The highest BCUT2D eigenvalue weighted by Gasteiger charge is 2.27. The van der Waals surface area contributed by atoms with E-state index in [-0.39, 0.29) is 0 Å². The van der Waals surface area contributed by atoms with Crippen LogP contribution in [-0.4, -0.2) is 21.8 Å². The Morgan fingerprint density at radius 3 is 2.46 bits per heavy atom. The van der Waals surface area contributed by atoms with Crippen LogP contribution in [0, 0.1) is 6.92 Å². The first-order valence-corrected chi connectivity index (χ1v) is 3.97. The third kappa shape index (κ3) is 2.37. The Kier molecular flexibility index (Phi) is 2.50. The molecule has 0 aliphatic heterocycles. The maximum atomic E-state index is 11.3.